The number of pyridine rings is 1. The molecule has 2 heterocycles. The van der Waals surface area contributed by atoms with E-state index in [2.05, 4.69) is 9.88 Å². The van der Waals surface area contributed by atoms with Crippen LogP contribution in [0.4, 0.5) is 5.82 Å². The van der Waals surface area contributed by atoms with Gasteiger partial charge in [-0.1, -0.05) is 6.07 Å². The number of carboxylic acids is 1. The molecule has 2 aromatic rings. The molecule has 0 spiro atoms. The summed E-state index contributed by atoms with van der Waals surface area (Å²) in [6.45, 7) is 1.59. The second-order valence-corrected chi connectivity index (χ2v) is 5.42. The highest BCUT2D eigenvalue weighted by Gasteiger charge is 2.26. The van der Waals surface area contributed by atoms with Crippen LogP contribution < -0.4 is 9.64 Å². The summed E-state index contributed by atoms with van der Waals surface area (Å²) in [5.41, 5.74) is 0. The molecule has 0 radical (unpaired) electrons. The molecule has 0 saturated carbocycles. The van der Waals surface area contributed by atoms with Gasteiger partial charge >= 0.3 is 5.97 Å². The topological polar surface area (TPSA) is 62.7 Å². The Kier molecular flexibility index (Phi) is 3.64. The van der Waals surface area contributed by atoms with Crippen molar-refractivity contribution in [3.05, 3.63) is 30.5 Å². The molecule has 1 aliphatic heterocycles. The Morgan fingerprint density at radius 2 is 2.33 bits per heavy atom. The molecule has 1 aliphatic rings. The third kappa shape index (κ3) is 2.77. The number of carboxylic acid groups (broad SMARTS) is 1. The van der Waals surface area contributed by atoms with Gasteiger partial charge in [-0.2, -0.15) is 0 Å². The number of nitrogens with zero attached hydrogens (tertiary/aromatic N) is 2. The Bertz CT molecular complexity index is 672. The zero-order valence-electron chi connectivity index (χ0n) is 12.0. The average molecular weight is 286 g/mol. The first kappa shape index (κ1) is 13.7. The number of fused-ring (bicyclic) bond motifs is 1. The number of hydrogen-bond acceptors (Lipinski definition) is 4. The van der Waals surface area contributed by atoms with E-state index in [1.54, 1.807) is 13.3 Å². The van der Waals surface area contributed by atoms with Gasteiger partial charge in [-0.15, -0.1) is 0 Å². The van der Waals surface area contributed by atoms with Crippen LogP contribution in [0.1, 0.15) is 12.8 Å². The molecule has 5 nitrogen and oxygen atoms in total. The molecule has 3 rings (SSSR count). The molecule has 21 heavy (non-hydrogen) atoms. The normalized spacial score (nSPS) is 18.1. The van der Waals surface area contributed by atoms with Gasteiger partial charge < -0.3 is 14.7 Å². The van der Waals surface area contributed by atoms with Gasteiger partial charge in [0.15, 0.2) is 0 Å². The highest BCUT2D eigenvalue weighted by atomic mass is 16.5. The lowest BCUT2D eigenvalue weighted by molar-refractivity contribution is -0.137. The van der Waals surface area contributed by atoms with Crippen molar-refractivity contribution in [2.75, 3.05) is 25.1 Å². The number of anilines is 1. The van der Waals surface area contributed by atoms with E-state index in [9.17, 15) is 4.79 Å². The van der Waals surface area contributed by atoms with E-state index < -0.39 is 5.97 Å². The molecule has 0 bridgehead atoms. The lowest BCUT2D eigenvalue weighted by atomic mass is 10.1. The third-order valence-electron chi connectivity index (χ3n) is 4.00. The molecule has 1 atom stereocenters. The number of aliphatic carboxylic acids is 1. The predicted octanol–water partition coefficient (Wildman–Crippen LogP) is 2.54. The molecule has 1 aromatic carbocycles. The Balaban J connectivity index is 1.92. The summed E-state index contributed by atoms with van der Waals surface area (Å²) < 4.78 is 5.29. The second kappa shape index (κ2) is 5.60. The number of methoxy groups -OCH3 is 1. The standard InChI is InChI=1S/C16H18N2O3/c1-21-13-3-2-12-4-6-17-16(14(12)9-13)18-7-5-11(10-18)8-15(19)20/h2-4,6,9,11H,5,7-8,10H2,1H3,(H,19,20). The summed E-state index contributed by atoms with van der Waals surface area (Å²) in [6, 6.07) is 7.92. The maximum absolute atomic E-state index is 10.8. The Morgan fingerprint density at radius 1 is 1.48 bits per heavy atom. The average Bonchev–Trinajstić information content (AvgIpc) is 2.93. The molecular formula is C16H18N2O3. The van der Waals surface area contributed by atoms with Crippen LogP contribution in [-0.4, -0.2) is 36.3 Å². The lowest BCUT2D eigenvalue weighted by Crippen LogP contribution is -2.21. The summed E-state index contributed by atoms with van der Waals surface area (Å²) in [6.07, 6.45) is 2.92. The minimum Gasteiger partial charge on any atom is -0.497 e. The summed E-state index contributed by atoms with van der Waals surface area (Å²) in [5.74, 6) is 1.19. The molecule has 1 unspecified atom stereocenters. The van der Waals surface area contributed by atoms with Gasteiger partial charge in [-0.25, -0.2) is 4.98 Å². The van der Waals surface area contributed by atoms with Crippen LogP contribution in [0, 0.1) is 5.92 Å². The van der Waals surface area contributed by atoms with Crippen LogP contribution in [0.5, 0.6) is 5.75 Å². The number of hydrogen-bond donors (Lipinski definition) is 1. The van der Waals surface area contributed by atoms with Crippen molar-refractivity contribution < 1.29 is 14.6 Å². The molecule has 0 amide bonds. The number of carbonyl (C=O) groups is 1. The Morgan fingerprint density at radius 3 is 3.10 bits per heavy atom. The first-order chi connectivity index (χ1) is 10.2. The summed E-state index contributed by atoms with van der Waals surface area (Å²) in [7, 11) is 1.65. The van der Waals surface area contributed by atoms with Crippen molar-refractivity contribution >= 4 is 22.6 Å². The van der Waals surface area contributed by atoms with Gasteiger partial charge in [0, 0.05) is 31.1 Å². The maximum atomic E-state index is 10.8. The largest absolute Gasteiger partial charge is 0.497 e. The van der Waals surface area contributed by atoms with Crippen molar-refractivity contribution in [2.24, 2.45) is 5.92 Å². The van der Waals surface area contributed by atoms with E-state index in [0.717, 1.165) is 41.9 Å². The van der Waals surface area contributed by atoms with Crippen LogP contribution in [0.25, 0.3) is 10.8 Å². The fourth-order valence-corrected chi connectivity index (χ4v) is 2.95. The fourth-order valence-electron chi connectivity index (χ4n) is 2.95. The minimum atomic E-state index is -0.727. The first-order valence-corrected chi connectivity index (χ1v) is 7.07. The number of aromatic nitrogens is 1. The molecule has 1 fully saturated rings. The second-order valence-electron chi connectivity index (χ2n) is 5.42. The molecule has 0 aliphatic carbocycles. The number of benzene rings is 1. The van der Waals surface area contributed by atoms with Gasteiger partial charge in [0.2, 0.25) is 0 Å². The Labute approximate surface area is 123 Å². The molecular weight excluding hydrogens is 268 g/mol. The number of rotatable bonds is 4. The van der Waals surface area contributed by atoms with Gasteiger partial charge in [0.25, 0.3) is 0 Å². The monoisotopic (exact) mass is 286 g/mol. The van der Waals surface area contributed by atoms with Gasteiger partial charge in [-0.3, -0.25) is 4.79 Å². The highest BCUT2D eigenvalue weighted by molar-refractivity contribution is 5.93. The molecule has 1 aromatic heterocycles. The lowest BCUT2D eigenvalue weighted by Gasteiger charge is -2.19. The van der Waals surface area contributed by atoms with E-state index in [0.29, 0.717) is 0 Å². The van der Waals surface area contributed by atoms with E-state index in [-0.39, 0.29) is 12.3 Å². The predicted molar refractivity (Wildman–Crippen MR) is 80.9 cm³/mol. The first-order valence-electron chi connectivity index (χ1n) is 7.07. The smallest absolute Gasteiger partial charge is 0.303 e. The van der Waals surface area contributed by atoms with Crippen LogP contribution in [0.15, 0.2) is 30.5 Å². The zero-order chi connectivity index (χ0) is 14.8. The zero-order valence-corrected chi connectivity index (χ0v) is 12.0. The maximum Gasteiger partial charge on any atom is 0.303 e. The molecule has 1 saturated heterocycles. The molecule has 110 valence electrons. The van der Waals surface area contributed by atoms with Crippen molar-refractivity contribution in [3.8, 4) is 5.75 Å². The Hall–Kier alpha value is -2.30. The van der Waals surface area contributed by atoms with Gasteiger partial charge in [0.05, 0.1) is 7.11 Å². The summed E-state index contributed by atoms with van der Waals surface area (Å²) >= 11 is 0. The van der Waals surface area contributed by atoms with Gasteiger partial charge in [0.1, 0.15) is 11.6 Å². The van der Waals surface area contributed by atoms with Crippen molar-refractivity contribution in [1.29, 1.82) is 0 Å². The van der Waals surface area contributed by atoms with Crippen molar-refractivity contribution in [2.45, 2.75) is 12.8 Å². The minimum absolute atomic E-state index is 0.199. The van der Waals surface area contributed by atoms with Crippen LogP contribution in [0.2, 0.25) is 0 Å². The van der Waals surface area contributed by atoms with Gasteiger partial charge in [-0.05, 0) is 35.9 Å². The third-order valence-corrected chi connectivity index (χ3v) is 4.00. The van der Waals surface area contributed by atoms with Crippen LogP contribution in [0.3, 0.4) is 0 Å². The molecule has 1 N–H and O–H groups in total. The molecule has 5 heteroatoms. The van der Waals surface area contributed by atoms with Crippen molar-refractivity contribution in [1.82, 2.24) is 4.98 Å². The van der Waals surface area contributed by atoms with E-state index in [4.69, 9.17) is 9.84 Å². The SMILES string of the molecule is COc1ccc2ccnc(N3CCC(CC(=O)O)C3)c2c1. The fraction of sp³-hybridized carbons (Fsp3) is 0.375. The van der Waals surface area contributed by atoms with Crippen LogP contribution in [-0.2, 0) is 4.79 Å². The van der Waals surface area contributed by atoms with E-state index in [1.807, 2.05) is 24.3 Å². The quantitative estimate of drug-likeness (QED) is 0.935. The summed E-state index contributed by atoms with van der Waals surface area (Å²) in [5, 5.41) is 11.1. The van der Waals surface area contributed by atoms with E-state index in [1.165, 1.54) is 0 Å². The number of ether oxygens (including phenoxy) is 1. The van der Waals surface area contributed by atoms with Crippen LogP contribution >= 0.6 is 0 Å². The van der Waals surface area contributed by atoms with Crippen molar-refractivity contribution in [3.63, 3.8) is 0 Å². The van der Waals surface area contributed by atoms with E-state index >= 15 is 0 Å². The summed E-state index contributed by atoms with van der Waals surface area (Å²) in [4.78, 5) is 17.5. The highest BCUT2D eigenvalue weighted by Crippen LogP contribution is 2.32.